The number of rotatable bonds is 4. The first-order valence-electron chi connectivity index (χ1n) is 6.17. The van der Waals surface area contributed by atoms with Crippen molar-refractivity contribution in [2.45, 2.75) is 13.5 Å². The molecule has 0 unspecified atom stereocenters. The zero-order chi connectivity index (χ0) is 13.9. The summed E-state index contributed by atoms with van der Waals surface area (Å²) < 4.78 is 18.3. The van der Waals surface area contributed by atoms with Gasteiger partial charge in [0.1, 0.15) is 11.5 Å². The molecule has 3 aromatic heterocycles. The second-order valence-corrected chi connectivity index (χ2v) is 4.40. The number of pyridine rings is 1. The Bertz CT molecular complexity index is 702. The monoisotopic (exact) mass is 272 g/mol. The molecule has 5 nitrogen and oxygen atoms in total. The number of hydrogen-bond acceptors (Lipinski definition) is 4. The van der Waals surface area contributed by atoms with Gasteiger partial charge < -0.3 is 9.73 Å². The van der Waals surface area contributed by atoms with Gasteiger partial charge in [0.2, 0.25) is 5.95 Å². The van der Waals surface area contributed by atoms with Gasteiger partial charge in [-0.2, -0.15) is 9.49 Å². The van der Waals surface area contributed by atoms with Gasteiger partial charge in [-0.3, -0.25) is 5.10 Å². The van der Waals surface area contributed by atoms with E-state index in [1.54, 1.807) is 12.3 Å². The first-order chi connectivity index (χ1) is 9.72. The molecule has 0 bridgehead atoms. The van der Waals surface area contributed by atoms with E-state index in [1.165, 1.54) is 12.3 Å². The van der Waals surface area contributed by atoms with E-state index in [4.69, 9.17) is 4.42 Å². The second-order valence-electron chi connectivity index (χ2n) is 4.40. The predicted molar refractivity (Wildman–Crippen MR) is 72.5 cm³/mol. The third kappa shape index (κ3) is 2.54. The van der Waals surface area contributed by atoms with Gasteiger partial charge in [0, 0.05) is 12.1 Å². The number of nitrogens with one attached hydrogen (secondary N) is 2. The average molecular weight is 272 g/mol. The molecule has 3 heterocycles. The van der Waals surface area contributed by atoms with E-state index in [-0.39, 0.29) is 0 Å². The van der Waals surface area contributed by atoms with Gasteiger partial charge in [-0.1, -0.05) is 0 Å². The number of hydrogen-bond donors (Lipinski definition) is 2. The van der Waals surface area contributed by atoms with Gasteiger partial charge in [0.15, 0.2) is 5.76 Å². The van der Waals surface area contributed by atoms with Gasteiger partial charge in [-0.15, -0.1) is 0 Å². The molecule has 0 spiro atoms. The molecule has 102 valence electrons. The van der Waals surface area contributed by atoms with E-state index in [0.29, 0.717) is 6.54 Å². The number of halogens is 1. The molecule has 3 aromatic rings. The standard InChI is InChI=1S/C14H13FN4O/c1-9-2-4-12(20-9)14-10(7-18-19-14)6-16-11-3-5-13(15)17-8-11/h2-5,7-8,16H,6H2,1H3,(H,18,19). The first-order valence-corrected chi connectivity index (χ1v) is 6.17. The zero-order valence-electron chi connectivity index (χ0n) is 10.9. The van der Waals surface area contributed by atoms with Crippen molar-refractivity contribution in [1.29, 1.82) is 0 Å². The third-order valence-electron chi connectivity index (χ3n) is 2.91. The molecule has 0 amide bonds. The minimum atomic E-state index is -0.495. The molecule has 20 heavy (non-hydrogen) atoms. The van der Waals surface area contributed by atoms with Crippen LogP contribution in [0.1, 0.15) is 11.3 Å². The fourth-order valence-corrected chi connectivity index (χ4v) is 1.91. The number of furan rings is 1. The molecule has 0 saturated carbocycles. The Kier molecular flexibility index (Phi) is 3.20. The summed E-state index contributed by atoms with van der Waals surface area (Å²) in [6.45, 7) is 2.43. The van der Waals surface area contributed by atoms with Crippen molar-refractivity contribution in [3.63, 3.8) is 0 Å². The van der Waals surface area contributed by atoms with Crippen LogP contribution in [0.3, 0.4) is 0 Å². The van der Waals surface area contributed by atoms with Crippen LogP contribution in [-0.2, 0) is 6.54 Å². The Morgan fingerprint density at radius 1 is 1.25 bits per heavy atom. The minimum absolute atomic E-state index is 0.495. The van der Waals surface area contributed by atoms with Crippen molar-refractivity contribution in [1.82, 2.24) is 15.2 Å². The van der Waals surface area contributed by atoms with Crippen LogP contribution in [0.4, 0.5) is 10.1 Å². The van der Waals surface area contributed by atoms with Crippen molar-refractivity contribution in [2.24, 2.45) is 0 Å². The molecule has 2 N–H and O–H groups in total. The van der Waals surface area contributed by atoms with Gasteiger partial charge in [0.25, 0.3) is 0 Å². The van der Waals surface area contributed by atoms with Gasteiger partial charge in [-0.25, -0.2) is 4.98 Å². The summed E-state index contributed by atoms with van der Waals surface area (Å²) in [6, 6.07) is 6.75. The number of nitrogens with zero attached hydrogens (tertiary/aromatic N) is 2. The largest absolute Gasteiger partial charge is 0.460 e. The highest BCUT2D eigenvalue weighted by Gasteiger charge is 2.10. The number of aromatic amines is 1. The summed E-state index contributed by atoms with van der Waals surface area (Å²) in [4.78, 5) is 3.59. The maximum atomic E-state index is 12.7. The molecule has 0 aliphatic carbocycles. The lowest BCUT2D eigenvalue weighted by Crippen LogP contribution is -2.00. The molecule has 0 fully saturated rings. The summed E-state index contributed by atoms with van der Waals surface area (Å²) >= 11 is 0. The zero-order valence-corrected chi connectivity index (χ0v) is 10.9. The van der Waals surface area contributed by atoms with Crippen LogP contribution >= 0.6 is 0 Å². The number of H-pyrrole nitrogens is 1. The summed E-state index contributed by atoms with van der Waals surface area (Å²) in [5.74, 6) is 1.09. The van der Waals surface area contributed by atoms with Crippen LogP contribution in [0.15, 0.2) is 41.1 Å². The van der Waals surface area contributed by atoms with Gasteiger partial charge >= 0.3 is 0 Å². The van der Waals surface area contributed by atoms with Crippen LogP contribution in [0, 0.1) is 12.9 Å². The fraction of sp³-hybridized carbons (Fsp3) is 0.143. The first kappa shape index (κ1) is 12.4. The SMILES string of the molecule is Cc1ccc(-c2[nH]ncc2CNc2ccc(F)nc2)o1. The lowest BCUT2D eigenvalue weighted by molar-refractivity contribution is 0.545. The summed E-state index contributed by atoms with van der Waals surface area (Å²) in [6.07, 6.45) is 3.18. The Labute approximate surface area is 114 Å². The summed E-state index contributed by atoms with van der Waals surface area (Å²) in [5, 5.41) is 10.1. The maximum Gasteiger partial charge on any atom is 0.212 e. The molecule has 0 aliphatic rings. The Morgan fingerprint density at radius 2 is 2.15 bits per heavy atom. The van der Waals surface area contributed by atoms with Crippen molar-refractivity contribution in [3.8, 4) is 11.5 Å². The van der Waals surface area contributed by atoms with Gasteiger partial charge in [-0.05, 0) is 31.2 Å². The van der Waals surface area contributed by atoms with Crippen molar-refractivity contribution < 1.29 is 8.81 Å². The fourth-order valence-electron chi connectivity index (χ4n) is 1.91. The lowest BCUT2D eigenvalue weighted by atomic mass is 10.2. The van der Waals surface area contributed by atoms with E-state index in [2.05, 4.69) is 20.5 Å². The van der Waals surface area contributed by atoms with Crippen LogP contribution in [0.25, 0.3) is 11.5 Å². The summed E-state index contributed by atoms with van der Waals surface area (Å²) in [5.41, 5.74) is 2.54. The number of aromatic nitrogens is 3. The highest BCUT2D eigenvalue weighted by molar-refractivity contribution is 5.57. The lowest BCUT2D eigenvalue weighted by Gasteiger charge is -2.05. The number of aryl methyl sites for hydroxylation is 1. The molecular weight excluding hydrogens is 259 g/mol. The van der Waals surface area contributed by atoms with Crippen molar-refractivity contribution in [2.75, 3.05) is 5.32 Å². The van der Waals surface area contributed by atoms with Crippen molar-refractivity contribution in [3.05, 3.63) is 53.9 Å². The molecule has 6 heteroatoms. The highest BCUT2D eigenvalue weighted by Crippen LogP contribution is 2.23. The molecule has 0 aliphatic heterocycles. The van der Waals surface area contributed by atoms with E-state index >= 15 is 0 Å². The molecule has 0 radical (unpaired) electrons. The quantitative estimate of drug-likeness (QED) is 0.716. The maximum absolute atomic E-state index is 12.7. The molecule has 3 rings (SSSR count). The molecule has 0 atom stereocenters. The normalized spacial score (nSPS) is 10.7. The van der Waals surface area contributed by atoms with Crippen LogP contribution in [0.5, 0.6) is 0 Å². The molecule has 0 aromatic carbocycles. The molecule has 0 saturated heterocycles. The topological polar surface area (TPSA) is 66.7 Å². The van der Waals surface area contributed by atoms with Crippen LogP contribution in [0.2, 0.25) is 0 Å². The van der Waals surface area contributed by atoms with Crippen LogP contribution in [-0.4, -0.2) is 15.2 Å². The minimum Gasteiger partial charge on any atom is -0.460 e. The van der Waals surface area contributed by atoms with E-state index < -0.39 is 5.95 Å². The van der Waals surface area contributed by atoms with Gasteiger partial charge in [0.05, 0.1) is 18.1 Å². The summed E-state index contributed by atoms with van der Waals surface area (Å²) in [7, 11) is 0. The van der Waals surface area contributed by atoms with E-state index in [9.17, 15) is 4.39 Å². The Morgan fingerprint density at radius 3 is 2.85 bits per heavy atom. The third-order valence-corrected chi connectivity index (χ3v) is 2.91. The smallest absolute Gasteiger partial charge is 0.212 e. The van der Waals surface area contributed by atoms with Crippen molar-refractivity contribution >= 4 is 5.69 Å². The number of anilines is 1. The predicted octanol–water partition coefficient (Wildman–Crippen LogP) is 3.12. The second kappa shape index (κ2) is 5.16. The van der Waals surface area contributed by atoms with Crippen LogP contribution < -0.4 is 5.32 Å². The Balaban J connectivity index is 1.75. The Hall–Kier alpha value is -2.63. The molecular formula is C14H13FN4O. The van der Waals surface area contributed by atoms with E-state index in [1.807, 2.05) is 19.1 Å². The average Bonchev–Trinajstić information content (AvgIpc) is 3.06. The van der Waals surface area contributed by atoms with E-state index in [0.717, 1.165) is 28.5 Å². The highest BCUT2D eigenvalue weighted by atomic mass is 19.1.